The Morgan fingerprint density at radius 1 is 0.909 bits per heavy atom. The van der Waals surface area contributed by atoms with Gasteiger partial charge in [0.05, 0.1) is 23.8 Å². The van der Waals surface area contributed by atoms with Crippen molar-refractivity contribution < 1.29 is 23.8 Å². The number of benzene rings is 3. The van der Waals surface area contributed by atoms with Crippen molar-refractivity contribution in [2.75, 3.05) is 0 Å². The Morgan fingerprint density at radius 3 is 2.20 bits per heavy atom. The van der Waals surface area contributed by atoms with Gasteiger partial charge < -0.3 is 24.4 Å². The monoisotopic (exact) mass is 596 g/mol. The van der Waals surface area contributed by atoms with Crippen LogP contribution in [-0.4, -0.2) is 62.5 Å². The first-order valence-corrected chi connectivity index (χ1v) is 15.2. The smallest absolute Gasteiger partial charge is 0.435 e. The standard InChI is InChI=1S/C35H40N4O5/c1-34(2,3)44-33(41)39-28-17-16-25(18-26(28)21-36-39)22-38-29(20-24-14-10-7-11-15-24)31-30(42-35(4,5)43-31)27(37-32(38)40)19-23-12-8-6-9-13-23/h6-18,21,27,29-31H,19-20,22H2,1-5H3,(H,37,40)/t27-,29-,30+,31+/m1/s1. The van der Waals surface area contributed by atoms with Gasteiger partial charge in [-0.1, -0.05) is 66.7 Å². The molecule has 6 rings (SSSR count). The molecule has 1 N–H and O–H groups in total. The summed E-state index contributed by atoms with van der Waals surface area (Å²) in [7, 11) is 0. The molecule has 9 heteroatoms. The van der Waals surface area contributed by atoms with Crippen LogP contribution in [-0.2, 0) is 33.6 Å². The summed E-state index contributed by atoms with van der Waals surface area (Å²) in [6.45, 7) is 9.67. The van der Waals surface area contributed by atoms with E-state index in [1.807, 2.05) is 94.1 Å². The highest BCUT2D eigenvalue weighted by molar-refractivity contribution is 5.88. The van der Waals surface area contributed by atoms with Crippen molar-refractivity contribution in [3.05, 3.63) is 102 Å². The first-order valence-electron chi connectivity index (χ1n) is 15.2. The number of hydrogen-bond acceptors (Lipinski definition) is 6. The summed E-state index contributed by atoms with van der Waals surface area (Å²) < 4.78 is 19.9. The first kappa shape index (κ1) is 29.8. The van der Waals surface area contributed by atoms with Gasteiger partial charge in [0.2, 0.25) is 0 Å². The number of urea groups is 1. The highest BCUT2D eigenvalue weighted by atomic mass is 16.8. The molecule has 0 aliphatic carbocycles. The van der Waals surface area contributed by atoms with E-state index in [1.54, 1.807) is 6.20 Å². The second-order valence-corrected chi connectivity index (χ2v) is 13.1. The third-order valence-electron chi connectivity index (χ3n) is 8.05. The topological polar surface area (TPSA) is 94.9 Å². The molecule has 44 heavy (non-hydrogen) atoms. The molecule has 0 unspecified atom stereocenters. The number of carbonyl (C=O) groups excluding carboxylic acids is 2. The molecule has 230 valence electrons. The number of carbonyl (C=O) groups is 2. The van der Waals surface area contributed by atoms with Crippen molar-refractivity contribution >= 4 is 23.0 Å². The first-order chi connectivity index (χ1) is 21.0. The number of nitrogens with one attached hydrogen (secondary N) is 1. The number of nitrogens with zero attached hydrogens (tertiary/aromatic N) is 3. The summed E-state index contributed by atoms with van der Waals surface area (Å²) >= 11 is 0. The molecule has 3 aromatic carbocycles. The number of hydrogen-bond donors (Lipinski definition) is 1. The fraction of sp³-hybridized carbons (Fsp3) is 0.400. The zero-order chi connectivity index (χ0) is 31.1. The minimum Gasteiger partial charge on any atom is -0.442 e. The molecule has 0 spiro atoms. The predicted molar refractivity (Wildman–Crippen MR) is 167 cm³/mol. The third kappa shape index (κ3) is 6.49. The Labute approximate surface area is 258 Å². The van der Waals surface area contributed by atoms with Crippen molar-refractivity contribution in [1.29, 1.82) is 0 Å². The molecule has 2 fully saturated rings. The number of aromatic nitrogens is 2. The van der Waals surface area contributed by atoms with Crippen LogP contribution in [0.1, 0.15) is 51.3 Å². The van der Waals surface area contributed by atoms with Crippen LogP contribution >= 0.6 is 0 Å². The van der Waals surface area contributed by atoms with Gasteiger partial charge in [-0.05, 0) is 76.3 Å². The van der Waals surface area contributed by atoms with E-state index >= 15 is 0 Å². The molecule has 9 nitrogen and oxygen atoms in total. The van der Waals surface area contributed by atoms with E-state index in [2.05, 4.69) is 34.7 Å². The number of ether oxygens (including phenoxy) is 3. The van der Waals surface area contributed by atoms with Crippen LogP contribution in [0.3, 0.4) is 0 Å². The molecular formula is C35H40N4O5. The van der Waals surface area contributed by atoms with Crippen molar-refractivity contribution in [3.63, 3.8) is 0 Å². The summed E-state index contributed by atoms with van der Waals surface area (Å²) in [6.07, 6.45) is 1.63. The van der Waals surface area contributed by atoms with Gasteiger partial charge >= 0.3 is 12.1 Å². The molecular weight excluding hydrogens is 556 g/mol. The molecule has 0 radical (unpaired) electrons. The highest BCUT2D eigenvalue weighted by Gasteiger charge is 2.53. The summed E-state index contributed by atoms with van der Waals surface area (Å²) in [5.41, 5.74) is 3.13. The molecule has 3 heterocycles. The lowest BCUT2D eigenvalue weighted by molar-refractivity contribution is -0.154. The van der Waals surface area contributed by atoms with Gasteiger partial charge in [0, 0.05) is 11.9 Å². The quantitative estimate of drug-likeness (QED) is 0.290. The number of rotatable bonds is 6. The molecule has 2 saturated heterocycles. The second-order valence-electron chi connectivity index (χ2n) is 13.1. The molecule has 0 saturated carbocycles. The van der Waals surface area contributed by atoms with Crippen LogP contribution in [0.25, 0.3) is 10.9 Å². The molecule has 2 amide bonds. The van der Waals surface area contributed by atoms with Crippen LogP contribution in [0.5, 0.6) is 0 Å². The summed E-state index contributed by atoms with van der Waals surface area (Å²) in [4.78, 5) is 28.7. The van der Waals surface area contributed by atoms with Crippen LogP contribution in [0, 0.1) is 0 Å². The minimum absolute atomic E-state index is 0.171. The zero-order valence-corrected chi connectivity index (χ0v) is 25.9. The van der Waals surface area contributed by atoms with Gasteiger partial charge in [-0.15, -0.1) is 0 Å². The lowest BCUT2D eigenvalue weighted by Crippen LogP contribution is -2.50. The number of amides is 2. The summed E-state index contributed by atoms with van der Waals surface area (Å²) in [5, 5.41) is 8.38. The molecule has 1 aromatic heterocycles. The van der Waals surface area contributed by atoms with Crippen molar-refractivity contribution in [2.45, 2.75) is 89.7 Å². The Bertz CT molecular complexity index is 1630. The van der Waals surface area contributed by atoms with Gasteiger partial charge in [0.1, 0.15) is 17.8 Å². The normalized spacial score (nSPS) is 23.2. The maximum absolute atomic E-state index is 14.1. The summed E-state index contributed by atoms with van der Waals surface area (Å²) in [6, 6.07) is 25.3. The average molecular weight is 597 g/mol. The fourth-order valence-corrected chi connectivity index (χ4v) is 6.21. The molecule has 0 bridgehead atoms. The second kappa shape index (κ2) is 11.7. The number of fused-ring (bicyclic) bond motifs is 2. The van der Waals surface area contributed by atoms with Crippen LogP contribution < -0.4 is 5.32 Å². The molecule has 4 aromatic rings. The minimum atomic E-state index is -0.803. The summed E-state index contributed by atoms with van der Waals surface area (Å²) in [5.74, 6) is -0.803. The van der Waals surface area contributed by atoms with Crippen molar-refractivity contribution in [1.82, 2.24) is 20.0 Å². The van der Waals surface area contributed by atoms with E-state index in [0.717, 1.165) is 22.1 Å². The van der Waals surface area contributed by atoms with Crippen molar-refractivity contribution in [3.8, 4) is 0 Å². The maximum Gasteiger partial charge on any atom is 0.435 e. The molecule has 2 aliphatic heterocycles. The van der Waals surface area contributed by atoms with Gasteiger partial charge in [0.15, 0.2) is 5.79 Å². The zero-order valence-electron chi connectivity index (χ0n) is 25.9. The van der Waals surface area contributed by atoms with E-state index in [9.17, 15) is 9.59 Å². The average Bonchev–Trinajstić information content (AvgIpc) is 3.52. The Morgan fingerprint density at radius 2 is 1.55 bits per heavy atom. The SMILES string of the molecule is CC(C)(C)OC(=O)n1ncc2cc(CN3C(=O)N[C@H](Cc4ccccc4)[C@@H]4OC(C)(C)O[C@H]4[C@H]3Cc3ccccc3)ccc21. The largest absolute Gasteiger partial charge is 0.442 e. The van der Waals surface area contributed by atoms with E-state index in [4.69, 9.17) is 14.2 Å². The van der Waals surface area contributed by atoms with Crippen molar-refractivity contribution in [2.24, 2.45) is 0 Å². The Kier molecular flexibility index (Phi) is 7.94. The van der Waals surface area contributed by atoms with E-state index in [0.29, 0.717) is 24.9 Å². The maximum atomic E-state index is 14.1. The van der Waals surface area contributed by atoms with Crippen LogP contribution in [0.4, 0.5) is 9.59 Å². The lowest BCUT2D eigenvalue weighted by Gasteiger charge is -2.34. The predicted octanol–water partition coefficient (Wildman–Crippen LogP) is 6.09. The Hall–Kier alpha value is -4.21. The molecule has 2 aliphatic rings. The highest BCUT2D eigenvalue weighted by Crippen LogP contribution is 2.37. The lowest BCUT2D eigenvalue weighted by atomic mass is 9.91. The molecule has 4 atom stereocenters. The van der Waals surface area contributed by atoms with Gasteiger partial charge in [-0.25, -0.2) is 9.59 Å². The van der Waals surface area contributed by atoms with Gasteiger partial charge in [-0.3, -0.25) is 0 Å². The fourth-order valence-electron chi connectivity index (χ4n) is 6.21. The van der Waals surface area contributed by atoms with E-state index < -0.39 is 17.5 Å². The third-order valence-corrected chi connectivity index (χ3v) is 8.05. The van der Waals surface area contributed by atoms with Gasteiger partial charge in [-0.2, -0.15) is 9.78 Å². The van der Waals surface area contributed by atoms with Gasteiger partial charge in [0.25, 0.3) is 0 Å². The van der Waals surface area contributed by atoms with Crippen LogP contribution in [0.2, 0.25) is 0 Å². The Balaban J connectivity index is 1.34. The van der Waals surface area contributed by atoms with E-state index in [1.165, 1.54) is 4.68 Å². The van der Waals surface area contributed by atoms with Crippen LogP contribution in [0.15, 0.2) is 85.1 Å². The van der Waals surface area contributed by atoms with E-state index in [-0.39, 0.29) is 30.3 Å².